The number of hydrogen-bond acceptors (Lipinski definition) is 5. The SMILES string of the molecule is Cc1ncc(CN2CCN(c3cccc(Cl)c3)CC2)c(N)n1. The predicted molar refractivity (Wildman–Crippen MR) is 90.1 cm³/mol. The zero-order valence-corrected chi connectivity index (χ0v) is 13.4. The summed E-state index contributed by atoms with van der Waals surface area (Å²) in [6.45, 7) is 6.58. The van der Waals surface area contributed by atoms with Crippen molar-refractivity contribution in [1.82, 2.24) is 14.9 Å². The first-order chi connectivity index (χ1) is 10.6. The Kier molecular flexibility index (Phi) is 4.45. The van der Waals surface area contributed by atoms with Gasteiger partial charge in [-0.3, -0.25) is 4.90 Å². The van der Waals surface area contributed by atoms with Gasteiger partial charge in [-0.2, -0.15) is 0 Å². The van der Waals surface area contributed by atoms with E-state index >= 15 is 0 Å². The van der Waals surface area contributed by atoms with Gasteiger partial charge in [-0.15, -0.1) is 0 Å². The first-order valence-corrected chi connectivity index (χ1v) is 7.80. The van der Waals surface area contributed by atoms with Crippen LogP contribution >= 0.6 is 11.6 Å². The molecular weight excluding hydrogens is 298 g/mol. The van der Waals surface area contributed by atoms with Crippen molar-refractivity contribution in [1.29, 1.82) is 0 Å². The van der Waals surface area contributed by atoms with E-state index in [1.165, 1.54) is 5.69 Å². The van der Waals surface area contributed by atoms with Gasteiger partial charge in [0.15, 0.2) is 0 Å². The zero-order valence-electron chi connectivity index (χ0n) is 12.7. The molecular formula is C16H20ClN5. The molecule has 2 aromatic rings. The van der Waals surface area contributed by atoms with E-state index in [0.29, 0.717) is 11.6 Å². The second-order valence-corrected chi connectivity index (χ2v) is 6.01. The fraction of sp³-hybridized carbons (Fsp3) is 0.375. The third-order valence-electron chi connectivity index (χ3n) is 3.96. The molecule has 22 heavy (non-hydrogen) atoms. The summed E-state index contributed by atoms with van der Waals surface area (Å²) in [7, 11) is 0. The topological polar surface area (TPSA) is 58.3 Å². The van der Waals surface area contributed by atoms with Crippen molar-refractivity contribution in [3.05, 3.63) is 46.9 Å². The highest BCUT2D eigenvalue weighted by atomic mass is 35.5. The maximum atomic E-state index is 6.07. The average molecular weight is 318 g/mol. The van der Waals surface area contributed by atoms with Crippen LogP contribution < -0.4 is 10.6 Å². The number of piperazine rings is 1. The minimum atomic E-state index is 0.588. The molecule has 2 N–H and O–H groups in total. The monoisotopic (exact) mass is 317 g/mol. The van der Waals surface area contributed by atoms with Gasteiger partial charge in [-0.1, -0.05) is 17.7 Å². The van der Waals surface area contributed by atoms with Gasteiger partial charge < -0.3 is 10.6 Å². The number of aryl methyl sites for hydroxylation is 1. The summed E-state index contributed by atoms with van der Waals surface area (Å²) in [5.41, 5.74) is 8.16. The van der Waals surface area contributed by atoms with Crippen LogP contribution in [0.2, 0.25) is 5.02 Å². The van der Waals surface area contributed by atoms with Gasteiger partial charge in [0.1, 0.15) is 11.6 Å². The molecule has 1 aliphatic rings. The number of aromatic nitrogens is 2. The standard InChI is InChI=1S/C16H20ClN5/c1-12-19-10-13(16(18)20-12)11-21-5-7-22(8-6-21)15-4-2-3-14(17)9-15/h2-4,9-10H,5-8,11H2,1H3,(H2,18,19,20). The lowest BCUT2D eigenvalue weighted by Crippen LogP contribution is -2.46. The lowest BCUT2D eigenvalue weighted by molar-refractivity contribution is 0.250. The lowest BCUT2D eigenvalue weighted by atomic mass is 10.2. The third-order valence-corrected chi connectivity index (χ3v) is 4.19. The van der Waals surface area contributed by atoms with Crippen LogP contribution in [0, 0.1) is 6.92 Å². The first kappa shape index (κ1) is 15.1. The second kappa shape index (κ2) is 6.50. The number of benzene rings is 1. The molecule has 1 aliphatic heterocycles. The molecule has 1 aromatic carbocycles. The molecule has 1 saturated heterocycles. The first-order valence-electron chi connectivity index (χ1n) is 7.43. The Hall–Kier alpha value is -1.85. The molecule has 0 bridgehead atoms. The Labute approximate surface area is 135 Å². The maximum absolute atomic E-state index is 6.07. The van der Waals surface area contributed by atoms with E-state index in [1.807, 2.05) is 31.3 Å². The van der Waals surface area contributed by atoms with Crippen LogP contribution in [0.1, 0.15) is 11.4 Å². The van der Waals surface area contributed by atoms with Crippen molar-refractivity contribution in [2.45, 2.75) is 13.5 Å². The van der Waals surface area contributed by atoms with Gasteiger partial charge in [0.25, 0.3) is 0 Å². The normalized spacial score (nSPS) is 16.0. The van der Waals surface area contributed by atoms with Crippen LogP contribution in [0.25, 0.3) is 0 Å². The largest absolute Gasteiger partial charge is 0.383 e. The summed E-state index contributed by atoms with van der Waals surface area (Å²) in [6, 6.07) is 8.02. The highest BCUT2D eigenvalue weighted by molar-refractivity contribution is 6.30. The quantitative estimate of drug-likeness (QED) is 0.941. The average Bonchev–Trinajstić information content (AvgIpc) is 2.51. The number of rotatable bonds is 3. The van der Waals surface area contributed by atoms with Crippen LogP contribution in [0.5, 0.6) is 0 Å². The molecule has 116 valence electrons. The minimum Gasteiger partial charge on any atom is -0.383 e. The number of anilines is 2. The van der Waals surface area contributed by atoms with Gasteiger partial charge in [0.2, 0.25) is 0 Å². The fourth-order valence-electron chi connectivity index (χ4n) is 2.71. The molecule has 0 amide bonds. The van der Waals surface area contributed by atoms with Crippen LogP contribution in [0.15, 0.2) is 30.5 Å². The highest BCUT2D eigenvalue weighted by Crippen LogP contribution is 2.21. The molecule has 0 saturated carbocycles. The van der Waals surface area contributed by atoms with Crippen molar-refractivity contribution < 1.29 is 0 Å². The fourth-order valence-corrected chi connectivity index (χ4v) is 2.90. The molecule has 0 spiro atoms. The van der Waals surface area contributed by atoms with E-state index in [2.05, 4.69) is 25.8 Å². The summed E-state index contributed by atoms with van der Waals surface area (Å²) in [5, 5.41) is 0.782. The molecule has 1 fully saturated rings. The maximum Gasteiger partial charge on any atom is 0.131 e. The number of nitrogens with two attached hydrogens (primary N) is 1. The van der Waals surface area contributed by atoms with E-state index in [-0.39, 0.29) is 0 Å². The summed E-state index contributed by atoms with van der Waals surface area (Å²) in [4.78, 5) is 13.2. The van der Waals surface area contributed by atoms with E-state index in [1.54, 1.807) is 0 Å². The molecule has 6 heteroatoms. The van der Waals surface area contributed by atoms with Crippen molar-refractivity contribution >= 4 is 23.1 Å². The molecule has 1 aromatic heterocycles. The molecule has 0 radical (unpaired) electrons. The lowest BCUT2D eigenvalue weighted by Gasteiger charge is -2.36. The van der Waals surface area contributed by atoms with Crippen molar-refractivity contribution in [3.8, 4) is 0 Å². The van der Waals surface area contributed by atoms with Crippen LogP contribution in [-0.4, -0.2) is 41.0 Å². The summed E-state index contributed by atoms with van der Waals surface area (Å²) in [5.74, 6) is 1.30. The number of nitrogens with zero attached hydrogens (tertiary/aromatic N) is 4. The Balaban J connectivity index is 1.60. The molecule has 0 unspecified atom stereocenters. The van der Waals surface area contributed by atoms with Crippen molar-refractivity contribution in [3.63, 3.8) is 0 Å². The molecule has 0 atom stereocenters. The van der Waals surface area contributed by atoms with E-state index < -0.39 is 0 Å². The van der Waals surface area contributed by atoms with E-state index in [4.69, 9.17) is 17.3 Å². The Bertz CT molecular complexity index is 653. The molecule has 5 nitrogen and oxygen atoms in total. The second-order valence-electron chi connectivity index (χ2n) is 5.57. The van der Waals surface area contributed by atoms with Crippen molar-refractivity contribution in [2.75, 3.05) is 36.8 Å². The van der Waals surface area contributed by atoms with Gasteiger partial charge in [0.05, 0.1) is 0 Å². The zero-order chi connectivity index (χ0) is 15.5. The Morgan fingerprint density at radius 3 is 2.68 bits per heavy atom. The van der Waals surface area contributed by atoms with Gasteiger partial charge in [0, 0.05) is 55.2 Å². The smallest absolute Gasteiger partial charge is 0.131 e. The van der Waals surface area contributed by atoms with E-state index in [9.17, 15) is 0 Å². The number of halogens is 1. The van der Waals surface area contributed by atoms with Crippen LogP contribution in [-0.2, 0) is 6.54 Å². The number of hydrogen-bond donors (Lipinski definition) is 1. The minimum absolute atomic E-state index is 0.588. The summed E-state index contributed by atoms with van der Waals surface area (Å²) in [6.07, 6.45) is 1.83. The van der Waals surface area contributed by atoms with Gasteiger partial charge in [-0.25, -0.2) is 9.97 Å². The number of nitrogen functional groups attached to an aromatic ring is 1. The Morgan fingerprint density at radius 1 is 1.23 bits per heavy atom. The highest BCUT2D eigenvalue weighted by Gasteiger charge is 2.18. The predicted octanol–water partition coefficient (Wildman–Crippen LogP) is 2.34. The van der Waals surface area contributed by atoms with E-state index in [0.717, 1.165) is 43.3 Å². The van der Waals surface area contributed by atoms with Crippen LogP contribution in [0.4, 0.5) is 11.5 Å². The third kappa shape index (κ3) is 3.48. The Morgan fingerprint density at radius 2 is 2.00 bits per heavy atom. The van der Waals surface area contributed by atoms with Gasteiger partial charge in [-0.05, 0) is 25.1 Å². The summed E-state index contributed by atoms with van der Waals surface area (Å²) < 4.78 is 0. The van der Waals surface area contributed by atoms with Gasteiger partial charge >= 0.3 is 0 Å². The molecule has 0 aliphatic carbocycles. The van der Waals surface area contributed by atoms with Crippen LogP contribution in [0.3, 0.4) is 0 Å². The molecule has 3 rings (SSSR count). The van der Waals surface area contributed by atoms with Crippen molar-refractivity contribution in [2.24, 2.45) is 0 Å². The summed E-state index contributed by atoms with van der Waals surface area (Å²) >= 11 is 6.07. The molecule has 2 heterocycles.